The average molecular weight is 706 g/mol. The molecule has 0 aliphatic rings. The smallest absolute Gasteiger partial charge is 0.145 e. The van der Waals surface area contributed by atoms with Gasteiger partial charge in [-0.1, -0.05) is 97.1 Å². The molecule has 0 unspecified atom stereocenters. The zero-order chi connectivity index (χ0) is 35.5. The number of hydrogen-bond donors (Lipinski definition) is 0. The number of thiophene rings is 1. The van der Waals surface area contributed by atoms with Crippen molar-refractivity contribution in [3.8, 4) is 28.6 Å². The second-order valence-corrected chi connectivity index (χ2v) is 15.1. The number of benzene rings is 8. The predicted molar refractivity (Wildman–Crippen MR) is 225 cm³/mol. The van der Waals surface area contributed by atoms with Crippen molar-refractivity contribution in [2.75, 3.05) is 0 Å². The fourth-order valence-corrected chi connectivity index (χ4v) is 10.0. The Bertz CT molecular complexity index is 3590. The molecule has 12 rings (SSSR count). The van der Waals surface area contributed by atoms with Gasteiger partial charge in [-0.2, -0.15) is 5.26 Å². The zero-order valence-corrected chi connectivity index (χ0v) is 29.6. The van der Waals surface area contributed by atoms with Gasteiger partial charge < -0.3 is 13.6 Å². The van der Waals surface area contributed by atoms with Crippen LogP contribution in [0, 0.1) is 11.3 Å². The Kier molecular flexibility index (Phi) is 5.97. The van der Waals surface area contributed by atoms with Crippen LogP contribution in [0.4, 0.5) is 0 Å². The van der Waals surface area contributed by atoms with Crippen LogP contribution in [-0.4, -0.2) is 9.13 Å². The van der Waals surface area contributed by atoms with Crippen molar-refractivity contribution in [3.05, 3.63) is 169 Å². The van der Waals surface area contributed by atoms with Crippen LogP contribution in [0.25, 0.3) is 108 Å². The molecule has 4 aromatic heterocycles. The van der Waals surface area contributed by atoms with Crippen LogP contribution < -0.4 is 0 Å². The molecule has 0 fully saturated rings. The van der Waals surface area contributed by atoms with Gasteiger partial charge in [-0.15, -0.1) is 11.3 Å². The minimum Gasteiger partial charge on any atom is -0.455 e. The highest BCUT2D eigenvalue weighted by Crippen LogP contribution is 2.44. The van der Waals surface area contributed by atoms with Gasteiger partial charge in [-0.3, -0.25) is 0 Å². The van der Waals surface area contributed by atoms with Crippen molar-refractivity contribution in [2.24, 2.45) is 0 Å². The lowest BCUT2D eigenvalue weighted by molar-refractivity contribution is 0.673. The van der Waals surface area contributed by atoms with E-state index in [0.717, 1.165) is 71.8 Å². The lowest BCUT2D eigenvalue weighted by Crippen LogP contribution is -1.97. The van der Waals surface area contributed by atoms with Crippen molar-refractivity contribution in [2.45, 2.75) is 0 Å². The van der Waals surface area contributed by atoms with E-state index in [2.05, 4.69) is 155 Å². The van der Waals surface area contributed by atoms with Crippen molar-refractivity contribution in [1.82, 2.24) is 9.13 Å². The second-order valence-electron chi connectivity index (χ2n) is 14.0. The topological polar surface area (TPSA) is 46.8 Å². The summed E-state index contributed by atoms with van der Waals surface area (Å²) in [6.07, 6.45) is 0. The third kappa shape index (κ3) is 4.00. The van der Waals surface area contributed by atoms with Crippen LogP contribution in [0.1, 0.15) is 5.56 Å². The summed E-state index contributed by atoms with van der Waals surface area (Å²) in [5.41, 5.74) is 10.9. The first-order chi connectivity index (χ1) is 26.7. The number of para-hydroxylation sites is 3. The number of furan rings is 1. The molecule has 250 valence electrons. The van der Waals surface area contributed by atoms with Crippen molar-refractivity contribution >= 4 is 97.1 Å². The Morgan fingerprint density at radius 2 is 1.19 bits per heavy atom. The molecule has 0 aliphatic carbocycles. The molecule has 0 atom stereocenters. The molecule has 4 nitrogen and oxygen atoms in total. The van der Waals surface area contributed by atoms with Gasteiger partial charge in [0.1, 0.15) is 11.2 Å². The third-order valence-electron chi connectivity index (χ3n) is 11.1. The molecule has 0 N–H and O–H groups in total. The van der Waals surface area contributed by atoms with Gasteiger partial charge in [0.15, 0.2) is 0 Å². The van der Waals surface area contributed by atoms with E-state index in [1.54, 1.807) is 0 Å². The minimum absolute atomic E-state index is 0.617. The number of rotatable bonds is 3. The van der Waals surface area contributed by atoms with Crippen molar-refractivity contribution in [3.63, 3.8) is 0 Å². The van der Waals surface area contributed by atoms with Crippen molar-refractivity contribution < 1.29 is 4.42 Å². The molecule has 0 saturated carbocycles. The summed E-state index contributed by atoms with van der Waals surface area (Å²) in [5, 5.41) is 19.9. The lowest BCUT2D eigenvalue weighted by Gasteiger charge is -2.13. The van der Waals surface area contributed by atoms with E-state index >= 15 is 0 Å². The van der Waals surface area contributed by atoms with Crippen LogP contribution in [0.2, 0.25) is 0 Å². The van der Waals surface area contributed by atoms with Crippen LogP contribution in [0.5, 0.6) is 0 Å². The normalized spacial score (nSPS) is 12.1. The van der Waals surface area contributed by atoms with E-state index < -0.39 is 0 Å². The molecule has 5 heteroatoms. The predicted octanol–water partition coefficient (Wildman–Crippen LogP) is 13.7. The molecule has 0 saturated heterocycles. The number of hydrogen-bond acceptors (Lipinski definition) is 3. The summed E-state index contributed by atoms with van der Waals surface area (Å²) < 4.78 is 13.8. The summed E-state index contributed by atoms with van der Waals surface area (Å²) in [4.78, 5) is 0. The molecule has 54 heavy (non-hydrogen) atoms. The Morgan fingerprint density at radius 1 is 0.481 bits per heavy atom. The Hall–Kier alpha value is -7.13. The average Bonchev–Trinajstić information content (AvgIpc) is 3.98. The van der Waals surface area contributed by atoms with E-state index in [1.165, 1.54) is 36.5 Å². The monoisotopic (exact) mass is 705 g/mol. The number of nitriles is 1. The largest absolute Gasteiger partial charge is 0.455 e. The maximum Gasteiger partial charge on any atom is 0.145 e. The first kappa shape index (κ1) is 29.4. The van der Waals surface area contributed by atoms with Gasteiger partial charge in [0.25, 0.3) is 0 Å². The highest BCUT2D eigenvalue weighted by atomic mass is 32.1. The Labute approximate surface area is 312 Å². The van der Waals surface area contributed by atoms with E-state index in [9.17, 15) is 5.26 Å². The maximum absolute atomic E-state index is 10.4. The van der Waals surface area contributed by atoms with Gasteiger partial charge in [0.2, 0.25) is 0 Å². The van der Waals surface area contributed by atoms with Crippen LogP contribution >= 0.6 is 11.3 Å². The molecule has 4 heterocycles. The quantitative estimate of drug-likeness (QED) is 0.184. The third-order valence-corrected chi connectivity index (χ3v) is 12.3. The maximum atomic E-state index is 10.4. The second kappa shape index (κ2) is 10.9. The first-order valence-electron chi connectivity index (χ1n) is 18.1. The fraction of sp³-hybridized carbons (Fsp3) is 0. The first-order valence-corrected chi connectivity index (χ1v) is 18.9. The van der Waals surface area contributed by atoms with Crippen LogP contribution in [0.15, 0.2) is 168 Å². The number of fused-ring (bicyclic) bond motifs is 14. The summed E-state index contributed by atoms with van der Waals surface area (Å²) in [5.74, 6) is 0. The van der Waals surface area contributed by atoms with Gasteiger partial charge in [-0.25, -0.2) is 0 Å². The highest BCUT2D eigenvalue weighted by molar-refractivity contribution is 7.26. The highest BCUT2D eigenvalue weighted by Gasteiger charge is 2.21. The standard InChI is InChI=1S/C49H27N3OS/c50-28-29-24-31(27-33(25-29)52-41-16-5-1-12-34(41)37-20-21-39-36-14-4-8-19-45(36)54-49(39)47(37)52)30-10-9-11-32(26-30)51-42-17-6-2-15-40(42)46-43(51)23-22-38-35-13-3-7-18-44(35)53-48(38)46/h1-27H. The molecule has 0 aliphatic heterocycles. The summed E-state index contributed by atoms with van der Waals surface area (Å²) in [7, 11) is 0. The summed E-state index contributed by atoms with van der Waals surface area (Å²) in [6, 6.07) is 60.4. The van der Waals surface area contributed by atoms with Crippen LogP contribution in [-0.2, 0) is 0 Å². The molecule has 0 bridgehead atoms. The Balaban J connectivity index is 1.09. The SMILES string of the molecule is N#Cc1cc(-c2cccc(-n3c4ccccc4c4c5oc6ccccc6c5ccc43)c2)cc(-n2c3ccccc3c3ccc4c5ccccc5sc4c32)c1. The van der Waals surface area contributed by atoms with E-state index in [1.807, 2.05) is 35.6 Å². The summed E-state index contributed by atoms with van der Waals surface area (Å²) in [6.45, 7) is 0. The molecule has 0 radical (unpaired) electrons. The van der Waals surface area contributed by atoms with E-state index in [0.29, 0.717) is 5.56 Å². The van der Waals surface area contributed by atoms with Gasteiger partial charge in [0, 0.05) is 53.8 Å². The fourth-order valence-electron chi connectivity index (χ4n) is 8.81. The molecular weight excluding hydrogens is 679 g/mol. The summed E-state index contributed by atoms with van der Waals surface area (Å²) >= 11 is 1.83. The van der Waals surface area contributed by atoms with E-state index in [4.69, 9.17) is 4.42 Å². The van der Waals surface area contributed by atoms with Gasteiger partial charge >= 0.3 is 0 Å². The molecule has 8 aromatic carbocycles. The number of nitrogens with zero attached hydrogens (tertiary/aromatic N) is 3. The van der Waals surface area contributed by atoms with Crippen molar-refractivity contribution in [1.29, 1.82) is 5.26 Å². The lowest BCUT2D eigenvalue weighted by atomic mass is 10.0. The molecular formula is C49H27N3OS. The molecule has 0 spiro atoms. The zero-order valence-electron chi connectivity index (χ0n) is 28.7. The van der Waals surface area contributed by atoms with Gasteiger partial charge in [-0.05, 0) is 77.9 Å². The minimum atomic E-state index is 0.617. The molecule has 12 aromatic rings. The number of aromatic nitrogens is 2. The van der Waals surface area contributed by atoms with E-state index in [-0.39, 0.29) is 0 Å². The van der Waals surface area contributed by atoms with Crippen LogP contribution in [0.3, 0.4) is 0 Å². The Morgan fingerprint density at radius 3 is 2.06 bits per heavy atom. The molecule has 0 amide bonds. The van der Waals surface area contributed by atoms with Gasteiger partial charge in [0.05, 0.1) is 43.8 Å².